The van der Waals surface area contributed by atoms with Crippen LogP contribution in [0.25, 0.3) is 0 Å². The molecule has 2 rings (SSSR count). The molecule has 1 aromatic heterocycles. The topological polar surface area (TPSA) is 74.8 Å². The van der Waals surface area contributed by atoms with Crippen LogP contribution in [0.2, 0.25) is 0 Å². The average Bonchev–Trinajstić information content (AvgIpc) is 2.82. The third-order valence-electron chi connectivity index (χ3n) is 2.00. The molecule has 0 radical (unpaired) electrons. The number of aromatic nitrogens is 2. The van der Waals surface area contributed by atoms with E-state index in [4.69, 9.17) is 0 Å². The predicted octanol–water partition coefficient (Wildman–Crippen LogP) is -0.00850. The third-order valence-corrected chi connectivity index (χ3v) is 3.89. The lowest BCUT2D eigenvalue weighted by Gasteiger charge is -2.02. The van der Waals surface area contributed by atoms with E-state index in [0.717, 1.165) is 18.4 Å². The Morgan fingerprint density at radius 1 is 1.62 bits per heavy atom. The molecule has 1 heterocycles. The Bertz CT molecular complexity index is 366. The normalized spacial score (nSPS) is 17.5. The summed E-state index contributed by atoms with van der Waals surface area (Å²) in [6.07, 6.45) is 4.87. The van der Waals surface area contributed by atoms with Gasteiger partial charge in [0.25, 0.3) is 0 Å². The number of hydrogen-bond acceptors (Lipinski definition) is 3. The molecular formula is C7H11N3O2S. The van der Waals surface area contributed by atoms with E-state index in [9.17, 15) is 8.42 Å². The highest BCUT2D eigenvalue weighted by Gasteiger charge is 2.35. The lowest BCUT2D eigenvalue weighted by Crippen LogP contribution is -2.26. The first-order valence-corrected chi connectivity index (χ1v) is 5.69. The summed E-state index contributed by atoms with van der Waals surface area (Å²) in [5.41, 5.74) is 0.851. The summed E-state index contributed by atoms with van der Waals surface area (Å²) >= 11 is 0. The van der Waals surface area contributed by atoms with Crippen molar-refractivity contribution >= 4 is 10.0 Å². The molecule has 13 heavy (non-hydrogen) atoms. The number of nitrogens with one attached hydrogen (secondary N) is 2. The summed E-state index contributed by atoms with van der Waals surface area (Å²) in [5.74, 6) is 0. The highest BCUT2D eigenvalue weighted by molar-refractivity contribution is 7.90. The van der Waals surface area contributed by atoms with E-state index in [1.54, 1.807) is 12.4 Å². The smallest absolute Gasteiger partial charge is 0.214 e. The Balaban J connectivity index is 1.92. The number of sulfonamides is 1. The van der Waals surface area contributed by atoms with Gasteiger partial charge in [0.15, 0.2) is 0 Å². The van der Waals surface area contributed by atoms with Gasteiger partial charge in [-0.1, -0.05) is 0 Å². The average molecular weight is 201 g/mol. The number of nitrogens with zero attached hydrogens (tertiary/aromatic N) is 1. The summed E-state index contributed by atoms with van der Waals surface area (Å²) < 4.78 is 25.2. The highest BCUT2D eigenvalue weighted by Crippen LogP contribution is 2.27. The van der Waals surface area contributed by atoms with Crippen molar-refractivity contribution in [2.75, 3.05) is 0 Å². The summed E-state index contributed by atoms with van der Waals surface area (Å²) in [5, 5.41) is 6.20. The van der Waals surface area contributed by atoms with Crippen LogP contribution in [-0.2, 0) is 16.6 Å². The van der Waals surface area contributed by atoms with Crippen molar-refractivity contribution in [3.8, 4) is 0 Å². The maximum absolute atomic E-state index is 11.3. The second-order valence-corrected chi connectivity index (χ2v) is 5.22. The van der Waals surface area contributed by atoms with Gasteiger partial charge in [-0.15, -0.1) is 0 Å². The minimum Gasteiger partial charge on any atom is -0.285 e. The van der Waals surface area contributed by atoms with E-state index >= 15 is 0 Å². The van der Waals surface area contributed by atoms with Crippen LogP contribution in [0.4, 0.5) is 0 Å². The first-order valence-electron chi connectivity index (χ1n) is 4.14. The molecule has 1 aliphatic rings. The molecule has 0 atom stereocenters. The maximum atomic E-state index is 11.3. The molecule has 0 aromatic carbocycles. The Labute approximate surface area is 76.6 Å². The molecule has 1 fully saturated rings. The van der Waals surface area contributed by atoms with Gasteiger partial charge in [-0.2, -0.15) is 5.10 Å². The molecule has 1 aromatic rings. The van der Waals surface area contributed by atoms with Gasteiger partial charge >= 0.3 is 0 Å². The number of aromatic amines is 1. The molecule has 5 nitrogen and oxygen atoms in total. The van der Waals surface area contributed by atoms with E-state index in [1.807, 2.05) is 0 Å². The van der Waals surface area contributed by atoms with E-state index in [-0.39, 0.29) is 5.25 Å². The van der Waals surface area contributed by atoms with Gasteiger partial charge in [0.1, 0.15) is 0 Å². The van der Waals surface area contributed by atoms with Gasteiger partial charge in [-0.05, 0) is 12.8 Å². The quantitative estimate of drug-likeness (QED) is 0.719. The zero-order valence-electron chi connectivity index (χ0n) is 7.03. The van der Waals surface area contributed by atoms with Crippen molar-refractivity contribution in [2.24, 2.45) is 0 Å². The van der Waals surface area contributed by atoms with Crippen LogP contribution in [0.3, 0.4) is 0 Å². The SMILES string of the molecule is O=S(=O)(NCc1cn[nH]c1)C1CC1. The molecule has 0 spiro atoms. The zero-order valence-corrected chi connectivity index (χ0v) is 7.84. The van der Waals surface area contributed by atoms with Crippen LogP contribution >= 0.6 is 0 Å². The Morgan fingerprint density at radius 3 is 2.92 bits per heavy atom. The molecule has 2 N–H and O–H groups in total. The van der Waals surface area contributed by atoms with E-state index in [0.29, 0.717) is 6.54 Å². The molecule has 0 saturated heterocycles. The lowest BCUT2D eigenvalue weighted by molar-refractivity contribution is 0.580. The lowest BCUT2D eigenvalue weighted by atomic mass is 10.4. The van der Waals surface area contributed by atoms with Crippen LogP contribution < -0.4 is 4.72 Å². The zero-order chi connectivity index (χ0) is 9.31. The molecule has 0 bridgehead atoms. The first kappa shape index (κ1) is 8.71. The standard InChI is InChI=1S/C7H11N3O2S/c11-13(12,7-1-2-7)10-5-6-3-8-9-4-6/h3-4,7,10H,1-2,5H2,(H,8,9). The first-order chi connectivity index (χ1) is 6.18. The number of rotatable bonds is 4. The fourth-order valence-electron chi connectivity index (χ4n) is 1.05. The minimum atomic E-state index is -3.05. The predicted molar refractivity (Wildman–Crippen MR) is 47.4 cm³/mol. The monoisotopic (exact) mass is 201 g/mol. The van der Waals surface area contributed by atoms with Gasteiger partial charge in [0.05, 0.1) is 11.4 Å². The number of H-pyrrole nitrogens is 1. The van der Waals surface area contributed by atoms with Crippen LogP contribution in [0.5, 0.6) is 0 Å². The van der Waals surface area contributed by atoms with Gasteiger partial charge in [-0.3, -0.25) is 5.10 Å². The second-order valence-electron chi connectivity index (χ2n) is 3.17. The van der Waals surface area contributed by atoms with Crippen molar-refractivity contribution < 1.29 is 8.42 Å². The molecule has 1 saturated carbocycles. The molecule has 6 heteroatoms. The van der Waals surface area contributed by atoms with Crippen molar-refractivity contribution in [2.45, 2.75) is 24.6 Å². The Hall–Kier alpha value is -0.880. The highest BCUT2D eigenvalue weighted by atomic mass is 32.2. The van der Waals surface area contributed by atoms with Crippen molar-refractivity contribution in [1.29, 1.82) is 0 Å². The van der Waals surface area contributed by atoms with E-state index in [2.05, 4.69) is 14.9 Å². The second kappa shape index (κ2) is 3.12. The van der Waals surface area contributed by atoms with Crippen LogP contribution in [0.1, 0.15) is 18.4 Å². The van der Waals surface area contributed by atoms with E-state index in [1.165, 1.54) is 0 Å². The molecule has 0 unspecified atom stereocenters. The fraction of sp³-hybridized carbons (Fsp3) is 0.571. The van der Waals surface area contributed by atoms with E-state index < -0.39 is 10.0 Å². The summed E-state index contributed by atoms with van der Waals surface area (Å²) in [6.45, 7) is 0.329. The molecular weight excluding hydrogens is 190 g/mol. The Morgan fingerprint density at radius 2 is 2.38 bits per heavy atom. The van der Waals surface area contributed by atoms with Crippen molar-refractivity contribution in [3.63, 3.8) is 0 Å². The molecule has 0 aliphatic heterocycles. The van der Waals surface area contributed by atoms with Gasteiger partial charge in [0.2, 0.25) is 10.0 Å². The Kier molecular flexibility index (Phi) is 2.09. The van der Waals surface area contributed by atoms with Gasteiger partial charge in [0, 0.05) is 18.3 Å². The van der Waals surface area contributed by atoms with Crippen molar-refractivity contribution in [3.05, 3.63) is 18.0 Å². The van der Waals surface area contributed by atoms with Crippen molar-refractivity contribution in [1.82, 2.24) is 14.9 Å². The van der Waals surface area contributed by atoms with Crippen LogP contribution in [0.15, 0.2) is 12.4 Å². The largest absolute Gasteiger partial charge is 0.285 e. The van der Waals surface area contributed by atoms with Gasteiger partial charge < -0.3 is 0 Å². The summed E-state index contributed by atoms with van der Waals surface area (Å²) in [6, 6.07) is 0. The fourth-order valence-corrected chi connectivity index (χ4v) is 2.41. The molecule has 72 valence electrons. The van der Waals surface area contributed by atoms with Crippen LogP contribution in [-0.4, -0.2) is 23.9 Å². The van der Waals surface area contributed by atoms with Gasteiger partial charge in [-0.25, -0.2) is 13.1 Å². The van der Waals surface area contributed by atoms with Crippen LogP contribution in [0, 0.1) is 0 Å². The third kappa shape index (κ3) is 2.07. The summed E-state index contributed by atoms with van der Waals surface area (Å²) in [4.78, 5) is 0. The summed E-state index contributed by atoms with van der Waals surface area (Å²) in [7, 11) is -3.05. The molecule has 1 aliphatic carbocycles. The minimum absolute atomic E-state index is 0.153. The maximum Gasteiger partial charge on any atom is 0.214 e. The number of hydrogen-bond donors (Lipinski definition) is 2. The molecule has 0 amide bonds.